The van der Waals surface area contributed by atoms with Crippen molar-refractivity contribution in [3.63, 3.8) is 0 Å². The van der Waals surface area contributed by atoms with E-state index in [1.54, 1.807) is 0 Å². The molecule has 166 valence electrons. The number of para-hydroxylation sites is 2. The first-order chi connectivity index (χ1) is 15.7. The maximum atomic E-state index is 11.4. The van der Waals surface area contributed by atoms with Crippen LogP contribution in [0, 0.1) is 0 Å². The summed E-state index contributed by atoms with van der Waals surface area (Å²) >= 11 is 0. The molecule has 2 aliphatic rings. The summed E-state index contributed by atoms with van der Waals surface area (Å²) in [6.45, 7) is 6.78. The second-order valence-electron chi connectivity index (χ2n) is 9.59. The van der Waals surface area contributed by atoms with E-state index in [1.165, 1.54) is 63.6 Å². The number of aromatic nitrogens is 2. The van der Waals surface area contributed by atoms with Gasteiger partial charge >= 0.3 is 0 Å². The van der Waals surface area contributed by atoms with Crippen LogP contribution in [0.5, 0.6) is 0 Å². The van der Waals surface area contributed by atoms with Crippen molar-refractivity contribution in [1.82, 2.24) is 14.0 Å². The lowest BCUT2D eigenvalue weighted by Crippen LogP contribution is -2.32. The molecule has 0 bridgehead atoms. The zero-order valence-electron chi connectivity index (χ0n) is 19.1. The molecule has 32 heavy (non-hydrogen) atoms. The highest BCUT2D eigenvalue weighted by Gasteiger charge is 2.25. The van der Waals surface area contributed by atoms with Crippen LogP contribution < -0.4 is 0 Å². The van der Waals surface area contributed by atoms with Crippen molar-refractivity contribution in [2.24, 2.45) is 0 Å². The van der Waals surface area contributed by atoms with Gasteiger partial charge in [-0.3, -0.25) is 4.90 Å². The summed E-state index contributed by atoms with van der Waals surface area (Å²) in [5, 5.41) is 14.1. The fourth-order valence-electron chi connectivity index (χ4n) is 6.21. The third-order valence-electron chi connectivity index (χ3n) is 7.76. The summed E-state index contributed by atoms with van der Waals surface area (Å²) in [7, 11) is 0. The van der Waals surface area contributed by atoms with Crippen LogP contribution in [0.2, 0.25) is 0 Å². The Morgan fingerprint density at radius 1 is 0.781 bits per heavy atom. The van der Waals surface area contributed by atoms with Crippen LogP contribution in [0.15, 0.2) is 48.5 Å². The summed E-state index contributed by atoms with van der Waals surface area (Å²) in [4.78, 5) is 2.52. The predicted octanol–water partition coefficient (Wildman–Crippen LogP) is 4.91. The van der Waals surface area contributed by atoms with E-state index < -0.39 is 6.10 Å². The topological polar surface area (TPSA) is 33.3 Å². The highest BCUT2D eigenvalue weighted by atomic mass is 16.3. The average molecular weight is 428 g/mol. The van der Waals surface area contributed by atoms with Gasteiger partial charge in [-0.15, -0.1) is 0 Å². The molecule has 1 unspecified atom stereocenters. The molecular weight excluding hydrogens is 394 g/mol. The summed E-state index contributed by atoms with van der Waals surface area (Å²) < 4.78 is 4.84. The van der Waals surface area contributed by atoms with Crippen molar-refractivity contribution in [2.45, 2.75) is 64.8 Å². The van der Waals surface area contributed by atoms with E-state index in [0.717, 1.165) is 32.5 Å². The number of aliphatic hydroxyl groups is 1. The number of hydrogen-bond acceptors (Lipinski definition) is 2. The first kappa shape index (κ1) is 20.1. The van der Waals surface area contributed by atoms with Gasteiger partial charge in [0.15, 0.2) is 0 Å². The Morgan fingerprint density at radius 2 is 1.38 bits per heavy atom. The Morgan fingerprint density at radius 3 is 2.06 bits per heavy atom. The quantitative estimate of drug-likeness (QED) is 0.491. The number of aliphatic hydroxyl groups excluding tert-OH is 1. The normalized spacial score (nSPS) is 17.6. The second kappa shape index (κ2) is 8.09. The summed E-state index contributed by atoms with van der Waals surface area (Å²) in [6, 6.07) is 17.5. The van der Waals surface area contributed by atoms with Gasteiger partial charge in [0.1, 0.15) is 0 Å². The van der Waals surface area contributed by atoms with E-state index in [9.17, 15) is 5.11 Å². The Balaban J connectivity index is 1.36. The van der Waals surface area contributed by atoms with Crippen LogP contribution in [0.1, 0.15) is 42.3 Å². The summed E-state index contributed by atoms with van der Waals surface area (Å²) in [5.74, 6) is 0. The Bertz CT molecular complexity index is 1280. The van der Waals surface area contributed by atoms with Gasteiger partial charge in [0.2, 0.25) is 0 Å². The molecule has 1 aliphatic heterocycles. The number of fused-ring (bicyclic) bond motifs is 6. The molecule has 4 aromatic rings. The monoisotopic (exact) mass is 427 g/mol. The summed E-state index contributed by atoms with van der Waals surface area (Å²) in [5.41, 5.74) is 8.42. The Kier molecular flexibility index (Phi) is 5.08. The number of nitrogens with zero attached hydrogens (tertiary/aromatic N) is 3. The minimum atomic E-state index is -0.416. The van der Waals surface area contributed by atoms with Gasteiger partial charge in [0.05, 0.1) is 19.2 Å². The van der Waals surface area contributed by atoms with E-state index in [0.29, 0.717) is 13.1 Å². The van der Waals surface area contributed by atoms with Gasteiger partial charge in [-0.25, -0.2) is 0 Å². The van der Waals surface area contributed by atoms with Gasteiger partial charge in [0.25, 0.3) is 0 Å². The lowest BCUT2D eigenvalue weighted by molar-refractivity contribution is 0.134. The first-order valence-electron chi connectivity index (χ1n) is 12.3. The number of aryl methyl sites for hydroxylation is 1. The van der Waals surface area contributed by atoms with E-state index in [1.807, 2.05) is 0 Å². The maximum absolute atomic E-state index is 11.4. The zero-order valence-corrected chi connectivity index (χ0v) is 19.1. The minimum absolute atomic E-state index is 0.416. The minimum Gasteiger partial charge on any atom is -0.389 e. The molecule has 0 radical (unpaired) electrons. The Labute approximate surface area is 190 Å². The highest BCUT2D eigenvalue weighted by molar-refractivity contribution is 5.86. The lowest BCUT2D eigenvalue weighted by atomic mass is 9.95. The molecule has 4 heteroatoms. The molecule has 0 amide bonds. The van der Waals surface area contributed by atoms with E-state index in [4.69, 9.17) is 0 Å². The van der Waals surface area contributed by atoms with Crippen LogP contribution in [0.3, 0.4) is 0 Å². The fourth-order valence-corrected chi connectivity index (χ4v) is 6.21. The van der Waals surface area contributed by atoms with Gasteiger partial charge in [-0.2, -0.15) is 0 Å². The molecule has 2 aromatic carbocycles. The molecule has 4 nitrogen and oxygen atoms in total. The maximum Gasteiger partial charge on any atom is 0.0897 e. The van der Waals surface area contributed by atoms with Crippen LogP contribution >= 0.6 is 0 Å². The zero-order chi connectivity index (χ0) is 21.7. The van der Waals surface area contributed by atoms with Crippen LogP contribution in [0.4, 0.5) is 0 Å². The van der Waals surface area contributed by atoms with E-state index in [2.05, 4.69) is 69.5 Å². The standard InChI is InChI=1S/C28H33N3O/c1-2-29-16-15-28-24(19-29)23-11-5-8-14-27(23)31(28)18-20(32)17-30-25-12-6-3-9-21(25)22-10-4-7-13-26(22)30/h3,5-6,8-9,11-12,14,20,32H,2,4,7,10,13,15-19H2,1H3. The van der Waals surface area contributed by atoms with Crippen LogP contribution in [-0.4, -0.2) is 38.3 Å². The van der Waals surface area contributed by atoms with Crippen molar-refractivity contribution in [3.8, 4) is 0 Å². The van der Waals surface area contributed by atoms with Crippen molar-refractivity contribution < 1.29 is 5.11 Å². The number of hydrogen-bond donors (Lipinski definition) is 1. The molecule has 0 saturated carbocycles. The first-order valence-corrected chi connectivity index (χ1v) is 12.3. The molecule has 1 N–H and O–H groups in total. The number of rotatable bonds is 5. The molecule has 1 aliphatic carbocycles. The molecule has 6 rings (SSSR count). The van der Waals surface area contributed by atoms with Gasteiger partial charge in [0, 0.05) is 52.7 Å². The lowest BCUT2D eigenvalue weighted by Gasteiger charge is -2.27. The third-order valence-corrected chi connectivity index (χ3v) is 7.76. The number of benzene rings is 2. The predicted molar refractivity (Wildman–Crippen MR) is 131 cm³/mol. The van der Waals surface area contributed by atoms with Gasteiger partial charge < -0.3 is 14.2 Å². The van der Waals surface area contributed by atoms with Crippen LogP contribution in [0.25, 0.3) is 21.8 Å². The average Bonchev–Trinajstić information content (AvgIpc) is 3.32. The van der Waals surface area contributed by atoms with Gasteiger partial charge in [-0.1, -0.05) is 43.3 Å². The SMILES string of the molecule is CCN1CCc2c(c3ccccc3n2CC(O)Cn2c3c(c4ccccc42)CCCC3)C1. The second-order valence-corrected chi connectivity index (χ2v) is 9.59. The van der Waals surface area contributed by atoms with Gasteiger partial charge in [-0.05, 0) is 55.5 Å². The molecule has 3 heterocycles. The Hall–Kier alpha value is -2.56. The molecule has 2 aromatic heterocycles. The van der Waals surface area contributed by atoms with Crippen molar-refractivity contribution >= 4 is 21.8 Å². The molecular formula is C28H33N3O. The molecule has 0 spiro atoms. The molecule has 0 fully saturated rings. The largest absolute Gasteiger partial charge is 0.389 e. The fraction of sp³-hybridized carbons (Fsp3) is 0.429. The van der Waals surface area contributed by atoms with Crippen LogP contribution in [-0.2, 0) is 38.9 Å². The van der Waals surface area contributed by atoms with Crippen molar-refractivity contribution in [1.29, 1.82) is 0 Å². The highest BCUT2D eigenvalue weighted by Crippen LogP contribution is 2.34. The van der Waals surface area contributed by atoms with E-state index >= 15 is 0 Å². The van der Waals surface area contributed by atoms with Crippen molar-refractivity contribution in [3.05, 3.63) is 71.0 Å². The van der Waals surface area contributed by atoms with E-state index in [-0.39, 0.29) is 0 Å². The summed E-state index contributed by atoms with van der Waals surface area (Å²) in [6.07, 6.45) is 5.48. The molecule has 0 saturated heterocycles. The molecule has 1 atom stereocenters. The third kappa shape index (κ3) is 3.20. The van der Waals surface area contributed by atoms with Crippen molar-refractivity contribution in [2.75, 3.05) is 13.1 Å². The number of likely N-dealkylation sites (N-methyl/N-ethyl adjacent to an activating group) is 1. The smallest absolute Gasteiger partial charge is 0.0897 e.